The second-order valence-corrected chi connectivity index (χ2v) is 6.53. The maximum absolute atomic E-state index is 12.4. The van der Waals surface area contributed by atoms with Gasteiger partial charge < -0.3 is 14.8 Å². The molecule has 0 saturated carbocycles. The van der Waals surface area contributed by atoms with Crippen LogP contribution in [0.25, 0.3) is 0 Å². The third-order valence-corrected chi connectivity index (χ3v) is 4.38. The molecule has 0 spiro atoms. The van der Waals surface area contributed by atoms with Crippen LogP contribution in [0.15, 0.2) is 42.5 Å². The smallest absolute Gasteiger partial charge is 0.261 e. The van der Waals surface area contributed by atoms with Crippen molar-refractivity contribution in [2.45, 2.75) is 46.1 Å². The Hall–Kier alpha value is -2.49. The number of hydrogen-bond acceptors (Lipinski definition) is 3. The Morgan fingerprint density at radius 1 is 1.12 bits per heavy atom. The van der Waals surface area contributed by atoms with Gasteiger partial charge in [0.05, 0.1) is 7.11 Å². The second-order valence-electron chi connectivity index (χ2n) is 6.53. The maximum Gasteiger partial charge on any atom is 0.261 e. The highest BCUT2D eigenvalue weighted by Gasteiger charge is 2.18. The molecule has 4 heteroatoms. The first kappa shape index (κ1) is 19.8. The zero-order chi connectivity index (χ0) is 18.9. The quantitative estimate of drug-likeness (QED) is 0.685. The van der Waals surface area contributed by atoms with Crippen LogP contribution in [0.4, 0.5) is 0 Å². The van der Waals surface area contributed by atoms with E-state index in [1.165, 1.54) is 5.56 Å². The predicted octanol–water partition coefficient (Wildman–Crippen LogP) is 4.22. The van der Waals surface area contributed by atoms with Crippen LogP contribution in [0.5, 0.6) is 11.5 Å². The van der Waals surface area contributed by atoms with Crippen molar-refractivity contribution in [3.05, 3.63) is 59.2 Å². The van der Waals surface area contributed by atoms with E-state index in [-0.39, 0.29) is 5.91 Å². The van der Waals surface area contributed by atoms with E-state index in [1.54, 1.807) is 7.11 Å². The molecule has 2 rings (SSSR count). The van der Waals surface area contributed by atoms with Gasteiger partial charge in [0.25, 0.3) is 5.91 Å². The minimum absolute atomic E-state index is 0.0527. The van der Waals surface area contributed by atoms with Crippen molar-refractivity contribution in [1.29, 1.82) is 0 Å². The van der Waals surface area contributed by atoms with E-state index in [1.807, 2.05) is 51.1 Å². The molecule has 2 aromatic rings. The summed E-state index contributed by atoms with van der Waals surface area (Å²) in [6.07, 6.45) is 1.98. The summed E-state index contributed by atoms with van der Waals surface area (Å²) < 4.78 is 11.1. The first-order valence-electron chi connectivity index (χ1n) is 9.18. The van der Waals surface area contributed by atoms with Gasteiger partial charge in [-0.3, -0.25) is 4.79 Å². The molecular formula is C22H29NO3. The Labute approximate surface area is 156 Å². The number of rotatable bonds is 9. The van der Waals surface area contributed by atoms with E-state index in [2.05, 4.69) is 17.4 Å². The van der Waals surface area contributed by atoms with Gasteiger partial charge in [-0.1, -0.05) is 31.2 Å². The van der Waals surface area contributed by atoms with Crippen molar-refractivity contribution >= 4 is 5.91 Å². The molecule has 0 aliphatic rings. The SMILES string of the molecule is CC[C@@H](Oc1cc(C)ccc1C)C(=O)NCCCc1ccc(OC)cc1. The molecule has 26 heavy (non-hydrogen) atoms. The Morgan fingerprint density at radius 2 is 1.85 bits per heavy atom. The van der Waals surface area contributed by atoms with E-state index in [0.29, 0.717) is 13.0 Å². The third-order valence-electron chi connectivity index (χ3n) is 4.38. The number of methoxy groups -OCH3 is 1. The van der Waals surface area contributed by atoms with Crippen LogP contribution >= 0.6 is 0 Å². The molecule has 1 amide bonds. The number of benzene rings is 2. The number of carbonyl (C=O) groups excluding carboxylic acids is 1. The van der Waals surface area contributed by atoms with Gasteiger partial charge in [0.2, 0.25) is 0 Å². The van der Waals surface area contributed by atoms with Crippen LogP contribution in [-0.4, -0.2) is 25.7 Å². The lowest BCUT2D eigenvalue weighted by atomic mass is 10.1. The molecule has 1 N–H and O–H groups in total. The first-order valence-corrected chi connectivity index (χ1v) is 9.18. The van der Waals surface area contributed by atoms with Gasteiger partial charge in [-0.25, -0.2) is 0 Å². The minimum Gasteiger partial charge on any atom is -0.497 e. The van der Waals surface area contributed by atoms with Crippen molar-refractivity contribution < 1.29 is 14.3 Å². The topological polar surface area (TPSA) is 47.6 Å². The predicted molar refractivity (Wildman–Crippen MR) is 105 cm³/mol. The molecule has 2 aromatic carbocycles. The van der Waals surface area contributed by atoms with Gasteiger partial charge in [-0.05, 0) is 68.0 Å². The largest absolute Gasteiger partial charge is 0.497 e. The summed E-state index contributed by atoms with van der Waals surface area (Å²) in [4.78, 5) is 12.4. The second kappa shape index (κ2) is 9.85. The summed E-state index contributed by atoms with van der Waals surface area (Å²) in [6, 6.07) is 14.1. The lowest BCUT2D eigenvalue weighted by molar-refractivity contribution is -0.128. The molecule has 4 nitrogen and oxygen atoms in total. The summed E-state index contributed by atoms with van der Waals surface area (Å²) in [6.45, 7) is 6.62. The summed E-state index contributed by atoms with van der Waals surface area (Å²) >= 11 is 0. The molecule has 1 atom stereocenters. The van der Waals surface area contributed by atoms with Crippen LogP contribution < -0.4 is 14.8 Å². The number of carbonyl (C=O) groups is 1. The van der Waals surface area contributed by atoms with Crippen molar-refractivity contribution in [2.75, 3.05) is 13.7 Å². The Morgan fingerprint density at radius 3 is 2.50 bits per heavy atom. The zero-order valence-corrected chi connectivity index (χ0v) is 16.2. The van der Waals surface area contributed by atoms with Gasteiger partial charge in [0.1, 0.15) is 11.5 Å². The Kier molecular flexibility index (Phi) is 7.52. The highest BCUT2D eigenvalue weighted by Crippen LogP contribution is 2.21. The highest BCUT2D eigenvalue weighted by molar-refractivity contribution is 5.81. The number of hydrogen-bond donors (Lipinski definition) is 1. The summed E-state index contributed by atoms with van der Waals surface area (Å²) in [7, 11) is 1.66. The van der Waals surface area contributed by atoms with Crippen molar-refractivity contribution in [3.8, 4) is 11.5 Å². The molecule has 0 saturated heterocycles. The van der Waals surface area contributed by atoms with Crippen molar-refractivity contribution in [3.63, 3.8) is 0 Å². The molecule has 140 valence electrons. The fourth-order valence-corrected chi connectivity index (χ4v) is 2.72. The lowest BCUT2D eigenvalue weighted by Crippen LogP contribution is -2.38. The average Bonchev–Trinajstić information content (AvgIpc) is 2.66. The normalized spacial score (nSPS) is 11.7. The fourth-order valence-electron chi connectivity index (χ4n) is 2.72. The molecule has 0 aliphatic carbocycles. The first-order chi connectivity index (χ1) is 12.5. The van der Waals surface area contributed by atoms with Crippen molar-refractivity contribution in [2.24, 2.45) is 0 Å². The fraction of sp³-hybridized carbons (Fsp3) is 0.409. The monoisotopic (exact) mass is 355 g/mol. The van der Waals surface area contributed by atoms with Crippen molar-refractivity contribution in [1.82, 2.24) is 5.32 Å². The average molecular weight is 355 g/mol. The van der Waals surface area contributed by atoms with Gasteiger partial charge in [-0.2, -0.15) is 0 Å². The molecule has 0 fully saturated rings. The number of amides is 1. The minimum atomic E-state index is -0.462. The van der Waals surface area contributed by atoms with E-state index >= 15 is 0 Å². The molecule has 0 bridgehead atoms. The van der Waals surface area contributed by atoms with E-state index in [4.69, 9.17) is 9.47 Å². The molecule has 0 aliphatic heterocycles. The van der Waals surface area contributed by atoms with E-state index in [0.717, 1.165) is 35.5 Å². The molecule has 0 unspecified atom stereocenters. The van der Waals surface area contributed by atoms with Gasteiger partial charge in [0.15, 0.2) is 6.10 Å². The number of aryl methyl sites for hydroxylation is 3. The maximum atomic E-state index is 12.4. The molecule has 0 radical (unpaired) electrons. The van der Waals surface area contributed by atoms with Crippen LogP contribution in [0.3, 0.4) is 0 Å². The highest BCUT2D eigenvalue weighted by atomic mass is 16.5. The van der Waals surface area contributed by atoms with Gasteiger partial charge >= 0.3 is 0 Å². The number of nitrogens with one attached hydrogen (secondary N) is 1. The summed E-state index contributed by atoms with van der Waals surface area (Å²) in [5.74, 6) is 1.59. The van der Waals surface area contributed by atoms with Crippen LogP contribution in [0.1, 0.15) is 36.5 Å². The standard InChI is InChI=1S/C22H29NO3/c1-5-20(26-21-15-16(2)8-9-17(21)3)22(24)23-14-6-7-18-10-12-19(25-4)13-11-18/h8-13,15,20H,5-7,14H2,1-4H3,(H,23,24)/t20-/m1/s1. The number of ether oxygens (including phenoxy) is 2. The van der Waals surface area contributed by atoms with E-state index < -0.39 is 6.10 Å². The van der Waals surface area contributed by atoms with Crippen LogP contribution in [0, 0.1) is 13.8 Å². The summed E-state index contributed by atoms with van der Waals surface area (Å²) in [5.41, 5.74) is 3.40. The molecule has 0 heterocycles. The third kappa shape index (κ3) is 5.80. The van der Waals surface area contributed by atoms with Crippen LogP contribution in [0.2, 0.25) is 0 Å². The lowest BCUT2D eigenvalue weighted by Gasteiger charge is -2.19. The Balaban J connectivity index is 1.80. The van der Waals surface area contributed by atoms with E-state index in [9.17, 15) is 4.79 Å². The molecule has 0 aromatic heterocycles. The van der Waals surface area contributed by atoms with Gasteiger partial charge in [0, 0.05) is 6.54 Å². The summed E-state index contributed by atoms with van der Waals surface area (Å²) in [5, 5.41) is 2.99. The Bertz CT molecular complexity index is 710. The van der Waals surface area contributed by atoms with Crippen LogP contribution in [-0.2, 0) is 11.2 Å². The molecular weight excluding hydrogens is 326 g/mol. The van der Waals surface area contributed by atoms with Gasteiger partial charge in [-0.15, -0.1) is 0 Å². The zero-order valence-electron chi connectivity index (χ0n) is 16.2.